The first kappa shape index (κ1) is 15.0. The summed E-state index contributed by atoms with van der Waals surface area (Å²) >= 11 is 0. The van der Waals surface area contributed by atoms with E-state index in [0.29, 0.717) is 24.5 Å². The van der Waals surface area contributed by atoms with Gasteiger partial charge in [0, 0.05) is 32.1 Å². The van der Waals surface area contributed by atoms with Gasteiger partial charge in [0.1, 0.15) is 11.5 Å². The number of carbonyl (C=O) groups excluding carboxylic acids is 1. The van der Waals surface area contributed by atoms with Gasteiger partial charge in [0.15, 0.2) is 5.78 Å². The number of benzene rings is 1. The SMILES string of the molecule is Cc1cccc(Cc2cc(C(=O)CCC3CCOC3)no2)c1. The average Bonchev–Trinajstić information content (AvgIpc) is 3.16. The lowest BCUT2D eigenvalue weighted by atomic mass is 10.00. The van der Waals surface area contributed by atoms with E-state index in [1.807, 2.05) is 6.07 Å². The molecule has 1 atom stereocenters. The number of carbonyl (C=O) groups is 1. The molecule has 1 saturated heterocycles. The zero-order chi connectivity index (χ0) is 15.4. The van der Waals surface area contributed by atoms with E-state index in [0.717, 1.165) is 31.8 Å². The molecule has 4 heteroatoms. The molecule has 0 aliphatic carbocycles. The van der Waals surface area contributed by atoms with Gasteiger partial charge in [-0.3, -0.25) is 4.79 Å². The third-order valence-electron chi connectivity index (χ3n) is 4.11. The van der Waals surface area contributed by atoms with Gasteiger partial charge in [-0.2, -0.15) is 0 Å². The van der Waals surface area contributed by atoms with E-state index in [4.69, 9.17) is 9.26 Å². The van der Waals surface area contributed by atoms with Crippen LogP contribution in [0.25, 0.3) is 0 Å². The summed E-state index contributed by atoms with van der Waals surface area (Å²) in [6.45, 7) is 3.67. The monoisotopic (exact) mass is 299 g/mol. The van der Waals surface area contributed by atoms with Gasteiger partial charge in [-0.25, -0.2) is 0 Å². The first-order valence-corrected chi connectivity index (χ1v) is 7.83. The fourth-order valence-corrected chi connectivity index (χ4v) is 2.83. The second-order valence-electron chi connectivity index (χ2n) is 6.04. The van der Waals surface area contributed by atoms with Crippen molar-refractivity contribution in [1.82, 2.24) is 5.16 Å². The smallest absolute Gasteiger partial charge is 0.184 e. The molecule has 2 aromatic rings. The molecular weight excluding hydrogens is 278 g/mol. The lowest BCUT2D eigenvalue weighted by Gasteiger charge is -2.04. The first-order valence-electron chi connectivity index (χ1n) is 7.83. The van der Waals surface area contributed by atoms with E-state index in [-0.39, 0.29) is 5.78 Å². The Kier molecular flexibility index (Phi) is 4.68. The van der Waals surface area contributed by atoms with Crippen molar-refractivity contribution in [3.63, 3.8) is 0 Å². The van der Waals surface area contributed by atoms with E-state index in [1.165, 1.54) is 11.1 Å². The summed E-state index contributed by atoms with van der Waals surface area (Å²) in [7, 11) is 0. The Morgan fingerprint density at radius 1 is 1.36 bits per heavy atom. The zero-order valence-electron chi connectivity index (χ0n) is 12.9. The molecular formula is C18H21NO3. The zero-order valence-corrected chi connectivity index (χ0v) is 12.9. The van der Waals surface area contributed by atoms with Gasteiger partial charge in [0.25, 0.3) is 0 Å². The van der Waals surface area contributed by atoms with Crippen LogP contribution in [0.15, 0.2) is 34.9 Å². The van der Waals surface area contributed by atoms with E-state index in [9.17, 15) is 4.79 Å². The third kappa shape index (κ3) is 3.83. The molecule has 2 heterocycles. The van der Waals surface area contributed by atoms with Crippen molar-refractivity contribution in [2.75, 3.05) is 13.2 Å². The maximum absolute atomic E-state index is 12.2. The number of ether oxygens (including phenoxy) is 1. The van der Waals surface area contributed by atoms with Crippen molar-refractivity contribution in [1.29, 1.82) is 0 Å². The van der Waals surface area contributed by atoms with E-state index in [1.54, 1.807) is 6.07 Å². The molecule has 4 nitrogen and oxygen atoms in total. The highest BCUT2D eigenvalue weighted by atomic mass is 16.5. The maximum atomic E-state index is 12.2. The minimum absolute atomic E-state index is 0.0612. The summed E-state index contributed by atoms with van der Waals surface area (Å²) in [6.07, 6.45) is 3.12. The highest BCUT2D eigenvalue weighted by Gasteiger charge is 2.19. The molecule has 1 aliphatic heterocycles. The Balaban J connectivity index is 1.57. The van der Waals surface area contributed by atoms with Gasteiger partial charge in [-0.1, -0.05) is 35.0 Å². The summed E-state index contributed by atoms with van der Waals surface area (Å²) in [5.74, 6) is 1.31. The van der Waals surface area contributed by atoms with Crippen LogP contribution >= 0.6 is 0 Å². The Hall–Kier alpha value is -1.94. The van der Waals surface area contributed by atoms with E-state index < -0.39 is 0 Å². The van der Waals surface area contributed by atoms with Crippen LogP contribution in [0.2, 0.25) is 0 Å². The minimum Gasteiger partial charge on any atom is -0.381 e. The lowest BCUT2D eigenvalue weighted by Crippen LogP contribution is -2.05. The molecule has 0 saturated carbocycles. The van der Waals surface area contributed by atoms with Crippen molar-refractivity contribution < 1.29 is 14.1 Å². The van der Waals surface area contributed by atoms with Gasteiger partial charge >= 0.3 is 0 Å². The van der Waals surface area contributed by atoms with Crippen LogP contribution in [0, 0.1) is 12.8 Å². The van der Waals surface area contributed by atoms with Crippen LogP contribution in [0.1, 0.15) is 46.6 Å². The normalized spacial score (nSPS) is 17.8. The summed E-state index contributed by atoms with van der Waals surface area (Å²) in [5.41, 5.74) is 2.83. The van der Waals surface area contributed by atoms with Gasteiger partial charge in [0.05, 0.1) is 0 Å². The second kappa shape index (κ2) is 6.88. The standard InChI is InChI=1S/C18H21NO3/c1-13-3-2-4-15(9-13)10-16-11-17(19-22-16)18(20)6-5-14-7-8-21-12-14/h2-4,9,11,14H,5-8,10,12H2,1H3. The van der Waals surface area contributed by atoms with Crippen LogP contribution in [0.3, 0.4) is 0 Å². The number of aromatic nitrogens is 1. The summed E-state index contributed by atoms with van der Waals surface area (Å²) < 4.78 is 10.6. The average molecular weight is 299 g/mol. The van der Waals surface area contributed by atoms with Crippen molar-refractivity contribution >= 4 is 5.78 Å². The van der Waals surface area contributed by atoms with Crippen LogP contribution in [0.4, 0.5) is 0 Å². The largest absolute Gasteiger partial charge is 0.381 e. The molecule has 22 heavy (non-hydrogen) atoms. The Morgan fingerprint density at radius 3 is 3.05 bits per heavy atom. The number of Topliss-reactive ketones (excluding diaryl/α,β-unsaturated/α-hetero) is 1. The maximum Gasteiger partial charge on any atom is 0.184 e. The molecule has 0 amide bonds. The quantitative estimate of drug-likeness (QED) is 0.765. The highest BCUT2D eigenvalue weighted by molar-refractivity contribution is 5.94. The molecule has 1 aromatic carbocycles. The van der Waals surface area contributed by atoms with E-state index in [2.05, 4.69) is 30.3 Å². The number of aryl methyl sites for hydroxylation is 1. The topological polar surface area (TPSA) is 52.3 Å². The van der Waals surface area contributed by atoms with Crippen molar-refractivity contribution in [3.8, 4) is 0 Å². The van der Waals surface area contributed by atoms with Gasteiger partial charge in [-0.15, -0.1) is 0 Å². The number of rotatable bonds is 6. The summed E-state index contributed by atoms with van der Waals surface area (Å²) in [6, 6.07) is 10.0. The number of hydrogen-bond acceptors (Lipinski definition) is 4. The van der Waals surface area contributed by atoms with Crippen molar-refractivity contribution in [2.45, 2.75) is 32.6 Å². The first-order chi connectivity index (χ1) is 10.7. The summed E-state index contributed by atoms with van der Waals surface area (Å²) in [4.78, 5) is 12.2. The number of hydrogen-bond donors (Lipinski definition) is 0. The molecule has 3 rings (SSSR count). The van der Waals surface area contributed by atoms with Crippen molar-refractivity contribution in [3.05, 3.63) is 52.9 Å². The molecule has 1 aromatic heterocycles. The molecule has 0 spiro atoms. The fraction of sp³-hybridized carbons (Fsp3) is 0.444. The molecule has 0 bridgehead atoms. The van der Waals surface area contributed by atoms with Gasteiger partial charge in [-0.05, 0) is 31.2 Å². The van der Waals surface area contributed by atoms with Crippen LogP contribution in [-0.4, -0.2) is 24.2 Å². The fourth-order valence-electron chi connectivity index (χ4n) is 2.83. The highest BCUT2D eigenvalue weighted by Crippen LogP contribution is 2.20. The molecule has 1 aliphatic rings. The third-order valence-corrected chi connectivity index (χ3v) is 4.11. The van der Waals surface area contributed by atoms with Crippen LogP contribution in [0.5, 0.6) is 0 Å². The van der Waals surface area contributed by atoms with E-state index >= 15 is 0 Å². The molecule has 0 N–H and O–H groups in total. The Labute approximate surface area is 130 Å². The minimum atomic E-state index is 0.0612. The summed E-state index contributed by atoms with van der Waals surface area (Å²) in [5, 5.41) is 3.92. The second-order valence-corrected chi connectivity index (χ2v) is 6.04. The van der Waals surface area contributed by atoms with Crippen LogP contribution in [-0.2, 0) is 11.2 Å². The van der Waals surface area contributed by atoms with Crippen molar-refractivity contribution in [2.24, 2.45) is 5.92 Å². The number of nitrogens with zero attached hydrogens (tertiary/aromatic N) is 1. The Morgan fingerprint density at radius 2 is 2.27 bits per heavy atom. The Bertz CT molecular complexity index is 641. The van der Waals surface area contributed by atoms with Crippen LogP contribution < -0.4 is 0 Å². The molecule has 116 valence electrons. The lowest BCUT2D eigenvalue weighted by molar-refractivity contribution is 0.0962. The predicted octanol–water partition coefficient (Wildman–Crippen LogP) is 3.57. The molecule has 1 fully saturated rings. The van der Waals surface area contributed by atoms with Gasteiger partial charge < -0.3 is 9.26 Å². The molecule has 0 radical (unpaired) electrons. The molecule has 1 unspecified atom stereocenters. The number of ketones is 1. The van der Waals surface area contributed by atoms with Gasteiger partial charge in [0.2, 0.25) is 0 Å². The predicted molar refractivity (Wildman–Crippen MR) is 83.0 cm³/mol.